The Morgan fingerprint density at radius 3 is 2.38 bits per heavy atom. The number of ether oxygens (including phenoxy) is 2. The lowest BCUT2D eigenvalue weighted by Crippen LogP contribution is -2.37. The molecule has 13 nitrogen and oxygen atoms in total. The highest BCUT2D eigenvalue weighted by Gasteiger charge is 2.21. The predicted molar refractivity (Wildman–Crippen MR) is 110 cm³/mol. The number of rotatable bonds is 5. The largest absolute Gasteiger partial charge is 0.494 e. The Hall–Kier alpha value is -4.36. The van der Waals surface area contributed by atoms with Gasteiger partial charge < -0.3 is 31.6 Å². The number of benzene rings is 1. The molecule has 0 fully saturated rings. The number of nitrogens with zero attached hydrogens (tertiary/aromatic N) is 3. The van der Waals surface area contributed by atoms with Crippen LogP contribution in [0.1, 0.15) is 41.6 Å². The lowest BCUT2D eigenvalue weighted by atomic mass is 10.1. The van der Waals surface area contributed by atoms with Gasteiger partial charge in [0, 0.05) is 6.07 Å². The molecule has 0 radical (unpaired) electrons. The molecule has 0 saturated carbocycles. The zero-order valence-corrected chi connectivity index (χ0v) is 17.6. The van der Waals surface area contributed by atoms with Crippen LogP contribution in [0.4, 0.5) is 20.6 Å². The number of carbonyl (C=O) groups is 3. The Morgan fingerprint density at radius 1 is 1.19 bits per heavy atom. The van der Waals surface area contributed by atoms with Crippen LogP contribution >= 0.6 is 0 Å². The molecular formula is C18H22FN7O6. The van der Waals surface area contributed by atoms with Crippen LogP contribution in [-0.4, -0.2) is 45.7 Å². The van der Waals surface area contributed by atoms with E-state index in [-0.39, 0.29) is 28.3 Å². The van der Waals surface area contributed by atoms with Gasteiger partial charge in [0.05, 0.1) is 24.0 Å². The third-order valence-corrected chi connectivity index (χ3v) is 3.72. The van der Waals surface area contributed by atoms with E-state index in [1.807, 2.05) is 0 Å². The monoisotopic (exact) mass is 451 g/mol. The molecule has 0 saturated heterocycles. The van der Waals surface area contributed by atoms with E-state index < -0.39 is 35.0 Å². The second kappa shape index (κ2) is 9.20. The molecule has 0 atom stereocenters. The fourth-order valence-electron chi connectivity index (χ4n) is 2.44. The number of carboxylic acid groups (broad SMARTS) is 1. The van der Waals surface area contributed by atoms with Gasteiger partial charge >= 0.3 is 12.1 Å². The maximum Gasteiger partial charge on any atom is 0.412 e. The van der Waals surface area contributed by atoms with Crippen LogP contribution in [0.25, 0.3) is 0 Å². The van der Waals surface area contributed by atoms with Gasteiger partial charge in [-0.1, -0.05) is 0 Å². The van der Waals surface area contributed by atoms with E-state index in [2.05, 4.69) is 20.8 Å². The second-order valence-corrected chi connectivity index (χ2v) is 7.26. The van der Waals surface area contributed by atoms with Crippen molar-refractivity contribution in [3.05, 3.63) is 40.8 Å². The Labute approximate surface area is 180 Å². The molecular weight excluding hydrogens is 429 g/mol. The van der Waals surface area contributed by atoms with E-state index in [0.29, 0.717) is 10.9 Å². The highest BCUT2D eigenvalue weighted by Crippen LogP contribution is 2.26. The number of carbonyl (C=O) groups excluding carboxylic acids is 2. The average molecular weight is 451 g/mol. The lowest BCUT2D eigenvalue weighted by molar-refractivity contribution is 0.0633. The summed E-state index contributed by atoms with van der Waals surface area (Å²) in [7, 11) is 1.17. The minimum Gasteiger partial charge on any atom is -0.494 e. The Bertz CT molecular complexity index is 1140. The number of methoxy groups -OCH3 is 1. The predicted octanol–water partition coefficient (Wildman–Crippen LogP) is 0.817. The van der Waals surface area contributed by atoms with Gasteiger partial charge in [-0.25, -0.2) is 14.0 Å². The minimum absolute atomic E-state index is 0.112. The lowest BCUT2D eigenvalue weighted by Gasteiger charge is -2.20. The van der Waals surface area contributed by atoms with E-state index in [1.165, 1.54) is 7.11 Å². The van der Waals surface area contributed by atoms with Gasteiger partial charge in [-0.15, -0.1) is 5.10 Å². The molecule has 0 aliphatic heterocycles. The molecule has 2 amide bonds. The normalized spacial score (nSPS) is 11.6. The van der Waals surface area contributed by atoms with Gasteiger partial charge in [-0.3, -0.25) is 10.1 Å². The fourth-order valence-corrected chi connectivity index (χ4v) is 2.44. The van der Waals surface area contributed by atoms with Crippen LogP contribution in [0.5, 0.6) is 5.75 Å². The van der Waals surface area contributed by atoms with Gasteiger partial charge in [0.1, 0.15) is 5.60 Å². The molecule has 1 heterocycles. The molecule has 2 aromatic rings. The van der Waals surface area contributed by atoms with Gasteiger partial charge in [0.15, 0.2) is 17.3 Å². The molecule has 0 unspecified atom stereocenters. The van der Waals surface area contributed by atoms with Crippen LogP contribution in [0.3, 0.4) is 0 Å². The Balaban J connectivity index is 2.44. The third-order valence-electron chi connectivity index (χ3n) is 3.72. The summed E-state index contributed by atoms with van der Waals surface area (Å²) >= 11 is 0. The SMILES string of the molecule is COc1cc(NC(=O)c2cc(NC(=O)OC(C)(C)C)/c(=N/N)n(N)n2)c(C(=O)O)cc1F. The summed E-state index contributed by atoms with van der Waals surface area (Å²) in [5, 5.41) is 21.1. The van der Waals surface area contributed by atoms with Gasteiger partial charge in [0.25, 0.3) is 5.91 Å². The number of hydrogen-bond donors (Lipinski definition) is 5. The van der Waals surface area contributed by atoms with Crippen LogP contribution in [0.2, 0.25) is 0 Å². The number of nitrogens with two attached hydrogens (primary N) is 2. The van der Waals surface area contributed by atoms with Crippen LogP contribution in [-0.2, 0) is 4.74 Å². The quantitative estimate of drug-likeness (QED) is 0.323. The minimum atomic E-state index is -1.49. The fraction of sp³-hybridized carbons (Fsp3) is 0.278. The molecule has 0 aliphatic rings. The maximum absolute atomic E-state index is 13.9. The van der Waals surface area contributed by atoms with Crippen LogP contribution in [0, 0.1) is 5.82 Å². The molecule has 0 spiro atoms. The van der Waals surface area contributed by atoms with Crippen LogP contribution < -0.4 is 32.5 Å². The molecule has 1 aromatic heterocycles. The molecule has 7 N–H and O–H groups in total. The van der Waals surface area contributed by atoms with E-state index in [4.69, 9.17) is 21.2 Å². The standard InChI is InChI=1S/C18H22FN7O6/c1-18(2,3)32-17(30)23-11-6-12(25-26(21)14(11)24-20)15(27)22-10-7-13(31-4)9(19)5-8(10)16(28)29/h5-7H,20-21H2,1-4H3,(H,22,27)(H,23,30)(H,28,29)/b24-14-. The summed E-state index contributed by atoms with van der Waals surface area (Å²) in [6.07, 6.45) is -0.878. The van der Waals surface area contributed by atoms with Gasteiger partial charge in [-0.2, -0.15) is 9.89 Å². The first-order valence-electron chi connectivity index (χ1n) is 8.91. The molecule has 14 heteroatoms. The van der Waals surface area contributed by atoms with Crippen molar-refractivity contribution in [1.82, 2.24) is 9.89 Å². The number of nitrogen functional groups attached to an aromatic ring is 1. The summed E-state index contributed by atoms with van der Waals surface area (Å²) in [6.45, 7) is 4.94. The van der Waals surface area contributed by atoms with E-state index in [9.17, 15) is 23.9 Å². The van der Waals surface area contributed by atoms with Gasteiger partial charge in [0.2, 0.25) is 5.49 Å². The van der Waals surface area contributed by atoms with Crippen molar-refractivity contribution in [2.45, 2.75) is 26.4 Å². The summed E-state index contributed by atoms with van der Waals surface area (Å²) in [4.78, 5) is 36.9. The average Bonchev–Trinajstić information content (AvgIpc) is 2.66. The van der Waals surface area contributed by atoms with E-state index >= 15 is 0 Å². The zero-order valence-electron chi connectivity index (χ0n) is 17.6. The van der Waals surface area contributed by atoms with Crippen molar-refractivity contribution < 1.29 is 33.4 Å². The van der Waals surface area contributed by atoms with Crippen molar-refractivity contribution in [3.63, 3.8) is 0 Å². The first-order valence-corrected chi connectivity index (χ1v) is 8.91. The Kier molecular flexibility index (Phi) is 6.87. The third kappa shape index (κ3) is 5.62. The van der Waals surface area contributed by atoms with E-state index in [0.717, 1.165) is 12.1 Å². The van der Waals surface area contributed by atoms with Crippen LogP contribution in [0.15, 0.2) is 23.3 Å². The smallest absolute Gasteiger partial charge is 0.412 e. The summed E-state index contributed by atoms with van der Waals surface area (Å²) in [6, 6.07) is 2.78. The molecule has 1 aromatic carbocycles. The topological polar surface area (TPSA) is 196 Å². The molecule has 0 bridgehead atoms. The van der Waals surface area contributed by atoms with Crippen molar-refractivity contribution in [1.29, 1.82) is 0 Å². The number of halogens is 1. The number of carboxylic acids is 1. The van der Waals surface area contributed by atoms with Crippen molar-refractivity contribution in [3.8, 4) is 5.75 Å². The number of anilines is 2. The molecule has 172 valence electrons. The number of aromatic carboxylic acids is 1. The molecule has 32 heavy (non-hydrogen) atoms. The van der Waals surface area contributed by atoms with E-state index in [1.54, 1.807) is 20.8 Å². The first kappa shape index (κ1) is 23.9. The summed E-state index contributed by atoms with van der Waals surface area (Å²) in [5.41, 5.74) is -2.27. The molecule has 0 aliphatic carbocycles. The second-order valence-electron chi connectivity index (χ2n) is 7.26. The number of nitrogens with one attached hydrogen (secondary N) is 2. The van der Waals surface area contributed by atoms with Crippen molar-refractivity contribution in [2.75, 3.05) is 23.6 Å². The first-order chi connectivity index (χ1) is 14.9. The maximum atomic E-state index is 13.9. The number of hydrogen-bond acceptors (Lipinski definition) is 9. The number of aromatic nitrogens is 2. The zero-order chi connectivity index (χ0) is 24.2. The highest BCUT2D eigenvalue weighted by molar-refractivity contribution is 6.07. The summed E-state index contributed by atoms with van der Waals surface area (Å²) < 4.78 is 23.8. The Morgan fingerprint density at radius 2 is 1.84 bits per heavy atom. The number of amides is 2. The van der Waals surface area contributed by atoms with Gasteiger partial charge in [-0.05, 0) is 32.9 Å². The molecule has 2 rings (SSSR count). The summed E-state index contributed by atoms with van der Waals surface area (Å²) in [5.74, 6) is 7.33. The van der Waals surface area contributed by atoms with Crippen molar-refractivity contribution in [2.24, 2.45) is 10.9 Å². The highest BCUT2D eigenvalue weighted by atomic mass is 19.1. The van der Waals surface area contributed by atoms with Crippen molar-refractivity contribution >= 4 is 29.3 Å².